The largest absolute Gasteiger partial charge is 0.378 e. The van der Waals surface area contributed by atoms with Crippen LogP contribution in [-0.4, -0.2) is 49.4 Å². The highest BCUT2D eigenvalue weighted by Gasteiger charge is 2.53. The molecule has 2 aliphatic heterocycles. The van der Waals surface area contributed by atoms with E-state index in [1.165, 1.54) is 0 Å². The van der Waals surface area contributed by atoms with Crippen molar-refractivity contribution in [2.45, 2.75) is 25.0 Å². The van der Waals surface area contributed by atoms with Crippen LogP contribution in [0, 0.1) is 0 Å². The third kappa shape index (κ3) is 2.98. The van der Waals surface area contributed by atoms with Crippen LogP contribution < -0.4 is 15.5 Å². The standard InChI is InChI=1S/C20H23N5O3/c1-21-19(26)22-14-4-2-13(3-5-14)17-23-16-15(12-28-20(16)6-7-20)18(24-17)25-8-10-27-11-9-25/h2-5H,6-12H2,1H3,(H2,21,22,26). The van der Waals surface area contributed by atoms with Gasteiger partial charge in [0, 0.05) is 37.0 Å². The molecule has 2 N–H and O–H groups in total. The summed E-state index contributed by atoms with van der Waals surface area (Å²) in [5.74, 6) is 1.67. The first-order chi connectivity index (χ1) is 13.7. The zero-order valence-corrected chi connectivity index (χ0v) is 15.8. The van der Waals surface area contributed by atoms with E-state index in [9.17, 15) is 4.79 Å². The minimum absolute atomic E-state index is 0.200. The fourth-order valence-corrected chi connectivity index (χ4v) is 3.82. The molecule has 0 unspecified atom stereocenters. The van der Waals surface area contributed by atoms with Crippen LogP contribution in [0.2, 0.25) is 0 Å². The third-order valence-electron chi connectivity index (χ3n) is 5.55. The van der Waals surface area contributed by atoms with Gasteiger partial charge in [-0.2, -0.15) is 0 Å². The highest BCUT2D eigenvalue weighted by atomic mass is 16.5. The summed E-state index contributed by atoms with van der Waals surface area (Å²) in [5, 5.41) is 5.31. The van der Waals surface area contributed by atoms with E-state index < -0.39 is 0 Å². The van der Waals surface area contributed by atoms with Gasteiger partial charge in [-0.1, -0.05) is 0 Å². The van der Waals surface area contributed by atoms with Crippen molar-refractivity contribution in [3.05, 3.63) is 35.5 Å². The number of hydrogen-bond donors (Lipinski definition) is 2. The van der Waals surface area contributed by atoms with Crippen LogP contribution >= 0.6 is 0 Å². The fraction of sp³-hybridized carbons (Fsp3) is 0.450. The van der Waals surface area contributed by atoms with Gasteiger partial charge < -0.3 is 25.0 Å². The number of morpholine rings is 1. The molecule has 0 bridgehead atoms. The van der Waals surface area contributed by atoms with Crippen LogP contribution in [0.1, 0.15) is 24.1 Å². The second kappa shape index (κ2) is 6.72. The molecule has 3 aliphatic rings. The molecule has 0 radical (unpaired) electrons. The van der Waals surface area contributed by atoms with Crippen LogP contribution in [0.15, 0.2) is 24.3 Å². The highest BCUT2D eigenvalue weighted by molar-refractivity contribution is 5.89. The molecule has 2 aromatic rings. The number of rotatable bonds is 3. The zero-order valence-electron chi connectivity index (χ0n) is 15.8. The van der Waals surface area contributed by atoms with E-state index in [4.69, 9.17) is 19.4 Å². The number of aromatic nitrogens is 2. The molecule has 2 fully saturated rings. The molecule has 2 amide bonds. The van der Waals surface area contributed by atoms with Gasteiger partial charge in [0.25, 0.3) is 0 Å². The monoisotopic (exact) mass is 381 g/mol. The highest BCUT2D eigenvalue weighted by Crippen LogP contribution is 2.55. The number of anilines is 2. The van der Waals surface area contributed by atoms with Gasteiger partial charge in [-0.25, -0.2) is 14.8 Å². The van der Waals surface area contributed by atoms with Gasteiger partial charge >= 0.3 is 6.03 Å². The van der Waals surface area contributed by atoms with Crippen molar-refractivity contribution in [2.24, 2.45) is 0 Å². The first-order valence-corrected chi connectivity index (χ1v) is 9.66. The molecule has 1 saturated carbocycles. The number of ether oxygens (including phenoxy) is 2. The number of urea groups is 1. The number of nitrogens with one attached hydrogen (secondary N) is 2. The van der Waals surface area contributed by atoms with Crippen molar-refractivity contribution < 1.29 is 14.3 Å². The number of carbonyl (C=O) groups excluding carboxylic acids is 1. The summed E-state index contributed by atoms with van der Waals surface area (Å²) in [5.41, 5.74) is 3.61. The lowest BCUT2D eigenvalue weighted by molar-refractivity contribution is 0.0423. The molecule has 5 rings (SSSR count). The van der Waals surface area contributed by atoms with Gasteiger partial charge in [0.05, 0.1) is 25.5 Å². The molecule has 1 saturated heterocycles. The SMILES string of the molecule is CNC(=O)Nc1ccc(-c2nc(N3CCOCC3)c3c(n2)C2(CC2)OC3)cc1. The quantitative estimate of drug-likeness (QED) is 0.848. The summed E-state index contributed by atoms with van der Waals surface area (Å²) in [7, 11) is 1.59. The Labute approximate surface area is 163 Å². The maximum atomic E-state index is 11.5. The van der Waals surface area contributed by atoms with E-state index in [0.717, 1.165) is 54.3 Å². The average Bonchev–Trinajstić information content (AvgIpc) is 3.44. The Hall–Kier alpha value is -2.71. The Bertz CT molecular complexity index is 905. The fourth-order valence-electron chi connectivity index (χ4n) is 3.82. The number of hydrogen-bond acceptors (Lipinski definition) is 6. The van der Waals surface area contributed by atoms with Crippen LogP contribution in [-0.2, 0) is 21.7 Å². The van der Waals surface area contributed by atoms with E-state index in [1.54, 1.807) is 7.05 Å². The first kappa shape index (κ1) is 17.4. The molecule has 0 atom stereocenters. The third-order valence-corrected chi connectivity index (χ3v) is 5.55. The van der Waals surface area contributed by atoms with Crippen molar-refractivity contribution >= 4 is 17.5 Å². The smallest absolute Gasteiger partial charge is 0.318 e. The molecule has 8 nitrogen and oxygen atoms in total. The molecule has 28 heavy (non-hydrogen) atoms. The van der Waals surface area contributed by atoms with Crippen LogP contribution in [0.3, 0.4) is 0 Å². The van der Waals surface area contributed by atoms with Crippen molar-refractivity contribution in [2.75, 3.05) is 43.6 Å². The Kier molecular flexibility index (Phi) is 4.17. The molecule has 1 spiro atoms. The van der Waals surface area contributed by atoms with Gasteiger partial charge in [0.2, 0.25) is 0 Å². The van der Waals surface area contributed by atoms with Crippen LogP contribution in [0.4, 0.5) is 16.3 Å². The van der Waals surface area contributed by atoms with Crippen molar-refractivity contribution in [3.63, 3.8) is 0 Å². The van der Waals surface area contributed by atoms with E-state index in [2.05, 4.69) is 15.5 Å². The van der Waals surface area contributed by atoms with Crippen molar-refractivity contribution in [1.29, 1.82) is 0 Å². The maximum Gasteiger partial charge on any atom is 0.318 e. The number of fused-ring (bicyclic) bond motifs is 2. The van der Waals surface area contributed by atoms with Gasteiger partial charge in [-0.05, 0) is 37.1 Å². The Balaban J connectivity index is 1.52. The lowest BCUT2D eigenvalue weighted by Crippen LogP contribution is -2.37. The van der Waals surface area contributed by atoms with Gasteiger partial charge in [-0.3, -0.25) is 0 Å². The second-order valence-electron chi connectivity index (χ2n) is 7.36. The summed E-state index contributed by atoms with van der Waals surface area (Å²) >= 11 is 0. The summed E-state index contributed by atoms with van der Waals surface area (Å²) in [6, 6.07) is 7.35. The second-order valence-corrected chi connectivity index (χ2v) is 7.36. The molecule has 146 valence electrons. The zero-order chi connectivity index (χ0) is 19.1. The van der Waals surface area contributed by atoms with Gasteiger partial charge in [-0.15, -0.1) is 0 Å². The van der Waals surface area contributed by atoms with E-state index in [1.807, 2.05) is 24.3 Å². The molecule has 3 heterocycles. The minimum atomic E-state index is -0.246. The Morgan fingerprint density at radius 2 is 1.89 bits per heavy atom. The molecule has 8 heteroatoms. The summed E-state index contributed by atoms with van der Waals surface area (Å²) < 4.78 is 11.6. The predicted molar refractivity (Wildman–Crippen MR) is 104 cm³/mol. The Morgan fingerprint density at radius 3 is 2.57 bits per heavy atom. The predicted octanol–water partition coefficient (Wildman–Crippen LogP) is 2.25. The molecular formula is C20H23N5O3. The van der Waals surface area contributed by atoms with E-state index in [0.29, 0.717) is 25.6 Å². The van der Waals surface area contributed by atoms with Crippen molar-refractivity contribution in [1.82, 2.24) is 15.3 Å². The summed E-state index contributed by atoms with van der Waals surface area (Å²) in [4.78, 5) is 23.6. The molecule has 1 aliphatic carbocycles. The molecule has 1 aromatic carbocycles. The number of amides is 2. The lowest BCUT2D eigenvalue weighted by Gasteiger charge is -2.29. The topological polar surface area (TPSA) is 88.6 Å². The lowest BCUT2D eigenvalue weighted by atomic mass is 10.1. The maximum absolute atomic E-state index is 11.5. The Morgan fingerprint density at radius 1 is 1.14 bits per heavy atom. The van der Waals surface area contributed by atoms with Crippen LogP contribution in [0.25, 0.3) is 11.4 Å². The first-order valence-electron chi connectivity index (χ1n) is 9.66. The van der Waals surface area contributed by atoms with Crippen LogP contribution in [0.5, 0.6) is 0 Å². The van der Waals surface area contributed by atoms with Gasteiger partial charge in [0.15, 0.2) is 5.82 Å². The van der Waals surface area contributed by atoms with Crippen molar-refractivity contribution in [3.8, 4) is 11.4 Å². The van der Waals surface area contributed by atoms with E-state index in [-0.39, 0.29) is 11.6 Å². The average molecular weight is 381 g/mol. The summed E-state index contributed by atoms with van der Waals surface area (Å²) in [6.07, 6.45) is 2.04. The number of carbonyl (C=O) groups is 1. The van der Waals surface area contributed by atoms with E-state index >= 15 is 0 Å². The normalized spacial score (nSPS) is 19.4. The number of nitrogens with zero attached hydrogens (tertiary/aromatic N) is 3. The summed E-state index contributed by atoms with van der Waals surface area (Å²) in [6.45, 7) is 3.65. The molecule has 1 aromatic heterocycles. The minimum Gasteiger partial charge on any atom is -0.378 e. The molecular weight excluding hydrogens is 358 g/mol. The van der Waals surface area contributed by atoms with Gasteiger partial charge in [0.1, 0.15) is 11.4 Å². The number of benzene rings is 1.